The number of benzene rings is 1. The van der Waals surface area contributed by atoms with Gasteiger partial charge in [0.25, 0.3) is 0 Å². The van der Waals surface area contributed by atoms with E-state index in [4.69, 9.17) is 10.8 Å². The molecule has 1 rings (SSSR count). The van der Waals surface area contributed by atoms with Crippen molar-refractivity contribution in [1.29, 1.82) is 0 Å². The Morgan fingerprint density at radius 3 is 2.40 bits per heavy atom. The number of carboxylic acids is 1. The van der Waals surface area contributed by atoms with Gasteiger partial charge in [-0.15, -0.1) is 0 Å². The van der Waals surface area contributed by atoms with Crippen molar-refractivity contribution >= 4 is 29.7 Å². The molecule has 0 aromatic heterocycles. The van der Waals surface area contributed by atoms with E-state index in [2.05, 4.69) is 5.32 Å². The quantitative estimate of drug-likeness (QED) is 0.688. The highest BCUT2D eigenvalue weighted by molar-refractivity contribution is 5.92. The SMILES string of the molecule is CN(CC(N)=O)C(=O)Nc1ccc(C=CC(=O)O)cc1. The number of likely N-dealkylation sites (N-methyl/N-ethyl adjacent to an activating group) is 1. The molecule has 0 aliphatic heterocycles. The first kappa shape index (κ1) is 15.2. The molecule has 0 fully saturated rings. The van der Waals surface area contributed by atoms with Crippen LogP contribution in [-0.4, -0.2) is 41.5 Å². The highest BCUT2D eigenvalue weighted by Crippen LogP contribution is 2.11. The van der Waals surface area contributed by atoms with Crippen molar-refractivity contribution in [1.82, 2.24) is 4.90 Å². The number of nitrogens with one attached hydrogen (secondary N) is 1. The Morgan fingerprint density at radius 2 is 1.90 bits per heavy atom. The van der Waals surface area contributed by atoms with Gasteiger partial charge in [-0.2, -0.15) is 0 Å². The normalized spacial score (nSPS) is 10.2. The molecule has 0 unspecified atom stereocenters. The number of urea groups is 1. The third-order valence-corrected chi connectivity index (χ3v) is 2.32. The van der Waals surface area contributed by atoms with Crippen molar-refractivity contribution in [2.24, 2.45) is 5.73 Å². The van der Waals surface area contributed by atoms with Gasteiger partial charge in [-0.1, -0.05) is 12.1 Å². The number of nitrogens with zero attached hydrogens (tertiary/aromatic N) is 1. The summed E-state index contributed by atoms with van der Waals surface area (Å²) in [6, 6.07) is 6.10. The minimum atomic E-state index is -1.03. The molecule has 1 aromatic carbocycles. The molecule has 1 aromatic rings. The predicted octanol–water partition coefficient (Wildman–Crippen LogP) is 0.733. The van der Waals surface area contributed by atoms with Gasteiger partial charge in [-0.3, -0.25) is 4.79 Å². The molecule has 0 saturated carbocycles. The highest BCUT2D eigenvalue weighted by Gasteiger charge is 2.10. The van der Waals surface area contributed by atoms with Crippen molar-refractivity contribution in [3.63, 3.8) is 0 Å². The number of anilines is 1. The Labute approximate surface area is 115 Å². The monoisotopic (exact) mass is 277 g/mol. The number of hydrogen-bond acceptors (Lipinski definition) is 3. The zero-order chi connectivity index (χ0) is 15.1. The van der Waals surface area contributed by atoms with E-state index in [1.54, 1.807) is 24.3 Å². The van der Waals surface area contributed by atoms with Crippen LogP contribution in [0.25, 0.3) is 6.08 Å². The maximum atomic E-state index is 11.7. The largest absolute Gasteiger partial charge is 0.478 e. The lowest BCUT2D eigenvalue weighted by molar-refractivity contribution is -0.131. The lowest BCUT2D eigenvalue weighted by atomic mass is 10.2. The number of amides is 3. The van der Waals surface area contributed by atoms with E-state index in [-0.39, 0.29) is 6.54 Å². The molecule has 4 N–H and O–H groups in total. The van der Waals surface area contributed by atoms with Gasteiger partial charge < -0.3 is 21.1 Å². The van der Waals surface area contributed by atoms with Crippen molar-refractivity contribution < 1.29 is 19.5 Å². The summed E-state index contributed by atoms with van der Waals surface area (Å²) in [4.78, 5) is 33.9. The molecule has 0 saturated heterocycles. The van der Waals surface area contributed by atoms with E-state index in [1.165, 1.54) is 13.1 Å². The maximum Gasteiger partial charge on any atom is 0.328 e. The van der Waals surface area contributed by atoms with Gasteiger partial charge in [-0.05, 0) is 23.8 Å². The standard InChI is InChI=1S/C13H15N3O4/c1-16(8-11(14)17)13(20)15-10-5-2-9(3-6-10)4-7-12(18)19/h2-7H,8H2,1H3,(H2,14,17)(H,15,20)(H,18,19). The van der Waals surface area contributed by atoms with Crippen molar-refractivity contribution in [3.05, 3.63) is 35.9 Å². The lowest BCUT2D eigenvalue weighted by Gasteiger charge is -2.16. The molecule has 106 valence electrons. The first-order valence-corrected chi connectivity index (χ1v) is 5.70. The molecule has 7 nitrogen and oxygen atoms in total. The summed E-state index contributed by atoms with van der Waals surface area (Å²) in [5.41, 5.74) is 6.20. The van der Waals surface area contributed by atoms with Crippen LogP contribution in [0.2, 0.25) is 0 Å². The van der Waals surface area contributed by atoms with Crippen LogP contribution >= 0.6 is 0 Å². The second-order valence-electron chi connectivity index (χ2n) is 4.05. The molecule has 0 bridgehead atoms. The van der Waals surface area contributed by atoms with Crippen LogP contribution in [0.4, 0.5) is 10.5 Å². The molecule has 3 amide bonds. The number of carboxylic acid groups (broad SMARTS) is 1. The summed E-state index contributed by atoms with van der Waals surface area (Å²) in [5, 5.41) is 11.1. The topological polar surface area (TPSA) is 113 Å². The fraction of sp³-hybridized carbons (Fsp3) is 0.154. The Morgan fingerprint density at radius 1 is 1.30 bits per heavy atom. The average Bonchev–Trinajstić information content (AvgIpc) is 2.37. The first-order valence-electron chi connectivity index (χ1n) is 5.70. The van der Waals surface area contributed by atoms with Crippen LogP contribution in [-0.2, 0) is 9.59 Å². The smallest absolute Gasteiger partial charge is 0.328 e. The summed E-state index contributed by atoms with van der Waals surface area (Å²) in [7, 11) is 1.45. The fourth-order valence-corrected chi connectivity index (χ4v) is 1.37. The third kappa shape index (κ3) is 5.21. The van der Waals surface area contributed by atoms with Gasteiger partial charge in [0, 0.05) is 18.8 Å². The van der Waals surface area contributed by atoms with E-state index >= 15 is 0 Å². The Balaban J connectivity index is 2.63. The van der Waals surface area contributed by atoms with E-state index in [0.29, 0.717) is 11.3 Å². The van der Waals surface area contributed by atoms with Crippen LogP contribution in [0, 0.1) is 0 Å². The number of carbonyl (C=O) groups is 3. The predicted molar refractivity (Wildman–Crippen MR) is 74.0 cm³/mol. The molecule has 0 aliphatic carbocycles. The second-order valence-corrected chi connectivity index (χ2v) is 4.05. The molecule has 20 heavy (non-hydrogen) atoms. The molecule has 0 aliphatic rings. The van der Waals surface area contributed by atoms with Gasteiger partial charge in [-0.25, -0.2) is 9.59 Å². The highest BCUT2D eigenvalue weighted by atomic mass is 16.4. The van der Waals surface area contributed by atoms with E-state index in [1.807, 2.05) is 0 Å². The van der Waals surface area contributed by atoms with Crippen LogP contribution in [0.1, 0.15) is 5.56 Å². The number of hydrogen-bond donors (Lipinski definition) is 3. The van der Waals surface area contributed by atoms with Crippen LogP contribution < -0.4 is 11.1 Å². The van der Waals surface area contributed by atoms with E-state index in [9.17, 15) is 14.4 Å². The molecule has 0 spiro atoms. The number of aliphatic carboxylic acids is 1. The van der Waals surface area contributed by atoms with Crippen LogP contribution in [0.15, 0.2) is 30.3 Å². The molecular weight excluding hydrogens is 262 g/mol. The number of rotatable bonds is 5. The molecule has 0 heterocycles. The number of nitrogens with two attached hydrogens (primary N) is 1. The zero-order valence-electron chi connectivity index (χ0n) is 10.9. The Hall–Kier alpha value is -2.83. The molecule has 0 radical (unpaired) electrons. The Kier molecular flexibility index (Phi) is 5.28. The second kappa shape index (κ2) is 6.93. The van der Waals surface area contributed by atoms with Gasteiger partial charge in [0.05, 0.1) is 0 Å². The van der Waals surface area contributed by atoms with Crippen LogP contribution in [0.5, 0.6) is 0 Å². The van der Waals surface area contributed by atoms with Gasteiger partial charge in [0.2, 0.25) is 5.91 Å². The molecule has 7 heteroatoms. The van der Waals surface area contributed by atoms with Crippen LogP contribution in [0.3, 0.4) is 0 Å². The average molecular weight is 277 g/mol. The van der Waals surface area contributed by atoms with Crippen molar-refractivity contribution in [2.45, 2.75) is 0 Å². The van der Waals surface area contributed by atoms with Gasteiger partial charge in [0.1, 0.15) is 6.54 Å². The van der Waals surface area contributed by atoms with E-state index < -0.39 is 17.9 Å². The number of carbonyl (C=O) groups excluding carboxylic acids is 2. The zero-order valence-corrected chi connectivity index (χ0v) is 10.9. The lowest BCUT2D eigenvalue weighted by Crippen LogP contribution is -2.38. The molecular formula is C13H15N3O4. The summed E-state index contributed by atoms with van der Waals surface area (Å²) in [6.07, 6.45) is 2.46. The summed E-state index contributed by atoms with van der Waals surface area (Å²) in [5.74, 6) is -1.63. The minimum absolute atomic E-state index is 0.175. The Bertz CT molecular complexity index is 537. The summed E-state index contributed by atoms with van der Waals surface area (Å²) in [6.45, 7) is -0.175. The molecule has 0 atom stereocenters. The third-order valence-electron chi connectivity index (χ3n) is 2.32. The fourth-order valence-electron chi connectivity index (χ4n) is 1.37. The number of primary amides is 1. The van der Waals surface area contributed by atoms with Crippen molar-refractivity contribution in [2.75, 3.05) is 18.9 Å². The van der Waals surface area contributed by atoms with Gasteiger partial charge >= 0.3 is 12.0 Å². The summed E-state index contributed by atoms with van der Waals surface area (Å²) >= 11 is 0. The van der Waals surface area contributed by atoms with E-state index in [0.717, 1.165) is 11.0 Å². The van der Waals surface area contributed by atoms with Crippen molar-refractivity contribution in [3.8, 4) is 0 Å². The first-order chi connectivity index (χ1) is 9.38. The van der Waals surface area contributed by atoms with Gasteiger partial charge in [0.15, 0.2) is 0 Å². The minimum Gasteiger partial charge on any atom is -0.478 e. The summed E-state index contributed by atoms with van der Waals surface area (Å²) < 4.78 is 0. The maximum absolute atomic E-state index is 11.7.